The van der Waals surface area contributed by atoms with Crippen molar-refractivity contribution in [2.24, 2.45) is 0 Å². The van der Waals surface area contributed by atoms with Crippen LogP contribution in [0.3, 0.4) is 0 Å². The molecule has 0 radical (unpaired) electrons. The van der Waals surface area contributed by atoms with E-state index >= 15 is 0 Å². The zero-order valence-corrected chi connectivity index (χ0v) is 19.2. The zero-order valence-electron chi connectivity index (χ0n) is 19.2. The molecule has 9 heteroatoms. The number of hydrogen-bond acceptors (Lipinski definition) is 6. The SMILES string of the molecule is CCc1ccc(-c2noc(CCC(=O)N3CCN(CC(=O)Nc4cccc(F)c4)CC3)n2)cc1. The van der Waals surface area contributed by atoms with E-state index in [4.69, 9.17) is 4.52 Å². The van der Waals surface area contributed by atoms with Crippen molar-refractivity contribution in [1.82, 2.24) is 19.9 Å². The van der Waals surface area contributed by atoms with Crippen molar-refractivity contribution >= 4 is 17.5 Å². The quantitative estimate of drug-likeness (QED) is 0.550. The van der Waals surface area contributed by atoms with Crippen molar-refractivity contribution in [2.75, 3.05) is 38.0 Å². The molecular formula is C25H28FN5O3. The molecule has 0 spiro atoms. The maximum absolute atomic E-state index is 13.3. The minimum Gasteiger partial charge on any atom is -0.340 e. The molecule has 0 bridgehead atoms. The number of halogens is 1. The van der Waals surface area contributed by atoms with Crippen LogP contribution in [0.1, 0.15) is 24.8 Å². The molecule has 34 heavy (non-hydrogen) atoms. The summed E-state index contributed by atoms with van der Waals surface area (Å²) in [5, 5.41) is 6.73. The van der Waals surface area contributed by atoms with Crippen molar-refractivity contribution in [2.45, 2.75) is 26.2 Å². The van der Waals surface area contributed by atoms with Crippen LogP contribution in [0.15, 0.2) is 53.1 Å². The highest BCUT2D eigenvalue weighted by Gasteiger charge is 2.23. The largest absolute Gasteiger partial charge is 0.340 e. The molecule has 0 atom stereocenters. The fourth-order valence-corrected chi connectivity index (χ4v) is 3.86. The molecule has 2 aromatic carbocycles. The van der Waals surface area contributed by atoms with Crippen molar-refractivity contribution < 1.29 is 18.5 Å². The number of aromatic nitrogens is 2. The molecule has 1 aliphatic heterocycles. The lowest BCUT2D eigenvalue weighted by Gasteiger charge is -2.34. The molecule has 3 aromatic rings. The number of anilines is 1. The number of piperazine rings is 1. The topological polar surface area (TPSA) is 91.6 Å². The average Bonchev–Trinajstić information content (AvgIpc) is 3.32. The average molecular weight is 466 g/mol. The van der Waals surface area contributed by atoms with Crippen molar-refractivity contribution in [3.63, 3.8) is 0 Å². The maximum Gasteiger partial charge on any atom is 0.238 e. The number of benzene rings is 2. The second-order valence-electron chi connectivity index (χ2n) is 8.28. The van der Waals surface area contributed by atoms with Gasteiger partial charge in [-0.25, -0.2) is 4.39 Å². The van der Waals surface area contributed by atoms with E-state index in [1.54, 1.807) is 17.0 Å². The lowest BCUT2D eigenvalue weighted by Crippen LogP contribution is -2.50. The molecule has 2 heterocycles. The van der Waals surface area contributed by atoms with Gasteiger partial charge in [-0.15, -0.1) is 0 Å². The highest BCUT2D eigenvalue weighted by molar-refractivity contribution is 5.92. The molecule has 178 valence electrons. The third-order valence-electron chi connectivity index (χ3n) is 5.84. The van der Waals surface area contributed by atoms with Crippen LogP contribution in [-0.2, 0) is 22.4 Å². The monoisotopic (exact) mass is 465 g/mol. The molecule has 8 nitrogen and oxygen atoms in total. The van der Waals surface area contributed by atoms with Gasteiger partial charge in [-0.2, -0.15) is 4.98 Å². The Hall–Kier alpha value is -3.59. The fourth-order valence-electron chi connectivity index (χ4n) is 3.86. The molecular weight excluding hydrogens is 437 g/mol. The Morgan fingerprint density at radius 1 is 1.09 bits per heavy atom. The van der Waals surface area contributed by atoms with E-state index in [0.717, 1.165) is 12.0 Å². The van der Waals surface area contributed by atoms with Crippen molar-refractivity contribution in [3.05, 3.63) is 65.8 Å². The first kappa shape index (κ1) is 23.6. The predicted octanol–water partition coefficient (Wildman–Crippen LogP) is 3.15. The summed E-state index contributed by atoms with van der Waals surface area (Å²) in [6, 6.07) is 13.8. The van der Waals surface area contributed by atoms with Crippen LogP contribution in [0.25, 0.3) is 11.4 Å². The Morgan fingerprint density at radius 2 is 1.85 bits per heavy atom. The molecule has 0 aliphatic carbocycles. The van der Waals surface area contributed by atoms with Gasteiger partial charge in [-0.1, -0.05) is 42.4 Å². The van der Waals surface area contributed by atoms with Crippen molar-refractivity contribution in [3.8, 4) is 11.4 Å². The number of rotatable bonds is 8. The van der Waals surface area contributed by atoms with E-state index in [-0.39, 0.29) is 24.8 Å². The van der Waals surface area contributed by atoms with Gasteiger partial charge in [0.25, 0.3) is 0 Å². The van der Waals surface area contributed by atoms with Gasteiger partial charge in [0, 0.05) is 50.3 Å². The van der Waals surface area contributed by atoms with E-state index < -0.39 is 5.82 Å². The Morgan fingerprint density at radius 3 is 2.56 bits per heavy atom. The minimum absolute atomic E-state index is 0.0240. The summed E-state index contributed by atoms with van der Waals surface area (Å²) in [7, 11) is 0. The minimum atomic E-state index is -0.396. The Kier molecular flexibility index (Phi) is 7.64. The number of aryl methyl sites for hydroxylation is 2. The number of hydrogen-bond donors (Lipinski definition) is 1. The zero-order chi connectivity index (χ0) is 23.9. The summed E-state index contributed by atoms with van der Waals surface area (Å²) in [5.74, 6) is 0.385. The van der Waals surface area contributed by atoms with Crippen LogP contribution < -0.4 is 5.32 Å². The van der Waals surface area contributed by atoms with E-state index in [0.29, 0.717) is 50.0 Å². The molecule has 4 rings (SSSR count). The molecule has 1 fully saturated rings. The number of carbonyl (C=O) groups excluding carboxylic acids is 2. The van der Waals surface area contributed by atoms with Gasteiger partial charge >= 0.3 is 0 Å². The van der Waals surface area contributed by atoms with Crippen LogP contribution >= 0.6 is 0 Å². The molecule has 1 aliphatic rings. The van der Waals surface area contributed by atoms with Gasteiger partial charge in [-0.3, -0.25) is 14.5 Å². The summed E-state index contributed by atoms with van der Waals surface area (Å²) >= 11 is 0. The third-order valence-corrected chi connectivity index (χ3v) is 5.84. The van der Waals surface area contributed by atoms with Crippen LogP contribution in [-0.4, -0.2) is 64.5 Å². The first-order valence-corrected chi connectivity index (χ1v) is 11.5. The Bertz CT molecular complexity index is 1120. The number of nitrogens with zero attached hydrogens (tertiary/aromatic N) is 4. The smallest absolute Gasteiger partial charge is 0.238 e. The highest BCUT2D eigenvalue weighted by atomic mass is 19.1. The van der Waals surface area contributed by atoms with Crippen LogP contribution in [0.2, 0.25) is 0 Å². The summed E-state index contributed by atoms with van der Waals surface area (Å²) in [6.45, 7) is 4.59. The number of carbonyl (C=O) groups is 2. The van der Waals surface area contributed by atoms with Gasteiger partial charge in [0.15, 0.2) is 0 Å². The van der Waals surface area contributed by atoms with Gasteiger partial charge in [-0.05, 0) is 30.2 Å². The second kappa shape index (κ2) is 11.0. The highest BCUT2D eigenvalue weighted by Crippen LogP contribution is 2.18. The van der Waals surface area contributed by atoms with Gasteiger partial charge < -0.3 is 14.7 Å². The molecule has 2 amide bonds. The van der Waals surface area contributed by atoms with Gasteiger partial charge in [0.2, 0.25) is 23.5 Å². The summed E-state index contributed by atoms with van der Waals surface area (Å²) in [5.41, 5.74) is 2.56. The van der Waals surface area contributed by atoms with Crippen LogP contribution in [0, 0.1) is 5.82 Å². The first-order chi connectivity index (χ1) is 16.5. The van der Waals surface area contributed by atoms with E-state index in [2.05, 4.69) is 22.4 Å². The number of nitrogens with one attached hydrogen (secondary N) is 1. The van der Waals surface area contributed by atoms with Crippen LogP contribution in [0.5, 0.6) is 0 Å². The first-order valence-electron chi connectivity index (χ1n) is 11.5. The van der Waals surface area contributed by atoms with E-state index in [1.807, 2.05) is 29.2 Å². The van der Waals surface area contributed by atoms with E-state index in [1.165, 1.54) is 17.7 Å². The lowest BCUT2D eigenvalue weighted by molar-refractivity contribution is -0.133. The standard InChI is InChI=1S/C25H28FN5O3/c1-2-18-6-8-19(9-7-18)25-28-23(34-29-25)10-11-24(33)31-14-12-30(13-15-31)17-22(32)27-21-5-3-4-20(26)16-21/h3-9,16H,2,10-15,17H2,1H3,(H,27,32). The molecule has 0 saturated carbocycles. The molecule has 0 unspecified atom stereocenters. The predicted molar refractivity (Wildman–Crippen MR) is 125 cm³/mol. The summed E-state index contributed by atoms with van der Waals surface area (Å²) < 4.78 is 18.6. The second-order valence-corrected chi connectivity index (χ2v) is 8.28. The molecule has 1 saturated heterocycles. The van der Waals surface area contributed by atoms with Gasteiger partial charge in [0.1, 0.15) is 5.82 Å². The van der Waals surface area contributed by atoms with Crippen molar-refractivity contribution in [1.29, 1.82) is 0 Å². The Balaban J connectivity index is 1.19. The Labute approximate surface area is 197 Å². The normalized spacial score (nSPS) is 14.2. The molecule has 1 aromatic heterocycles. The van der Waals surface area contributed by atoms with Crippen LogP contribution in [0.4, 0.5) is 10.1 Å². The lowest BCUT2D eigenvalue weighted by atomic mass is 10.1. The molecule has 1 N–H and O–H groups in total. The maximum atomic E-state index is 13.3. The summed E-state index contributed by atoms with van der Waals surface area (Å²) in [4.78, 5) is 33.0. The third kappa shape index (κ3) is 6.26. The van der Waals surface area contributed by atoms with Gasteiger partial charge in [0.05, 0.1) is 6.54 Å². The fraction of sp³-hybridized carbons (Fsp3) is 0.360. The van der Waals surface area contributed by atoms with E-state index in [9.17, 15) is 14.0 Å². The summed E-state index contributed by atoms with van der Waals surface area (Å²) in [6.07, 6.45) is 1.64. The number of amides is 2.